The smallest absolute Gasteiger partial charge is 0.172 e. The fraction of sp³-hybridized carbons (Fsp3) is 0.500. The summed E-state index contributed by atoms with van der Waals surface area (Å²) in [6, 6.07) is 7.55. The Hall–Kier alpha value is -1.88. The topological polar surface area (TPSA) is 63.9 Å². The molecule has 0 saturated heterocycles. The van der Waals surface area contributed by atoms with Crippen molar-refractivity contribution in [2.75, 3.05) is 7.11 Å². The number of methoxy groups -OCH3 is 1. The van der Waals surface area contributed by atoms with Gasteiger partial charge < -0.3 is 10.5 Å². The molecule has 1 aromatic carbocycles. The highest BCUT2D eigenvalue weighted by molar-refractivity contribution is 5.62. The van der Waals surface area contributed by atoms with Gasteiger partial charge in [-0.2, -0.15) is 5.10 Å². The Kier molecular flexibility index (Phi) is 6.16. The van der Waals surface area contributed by atoms with Crippen molar-refractivity contribution in [2.45, 2.75) is 51.5 Å². The Morgan fingerprint density at radius 3 is 2.57 bits per heavy atom. The van der Waals surface area contributed by atoms with Crippen molar-refractivity contribution in [3.8, 4) is 17.0 Å². The van der Waals surface area contributed by atoms with Crippen LogP contribution in [0.15, 0.2) is 24.3 Å². The van der Waals surface area contributed by atoms with Crippen molar-refractivity contribution < 1.29 is 9.13 Å². The minimum Gasteiger partial charge on any atom is -0.497 e. The fourth-order valence-electron chi connectivity index (χ4n) is 2.98. The van der Waals surface area contributed by atoms with Gasteiger partial charge in [0.2, 0.25) is 0 Å². The van der Waals surface area contributed by atoms with Crippen LogP contribution in [0.3, 0.4) is 0 Å². The van der Waals surface area contributed by atoms with Crippen molar-refractivity contribution in [2.24, 2.45) is 5.73 Å². The van der Waals surface area contributed by atoms with Crippen LogP contribution < -0.4 is 10.5 Å². The normalized spacial score (nSPS) is 20.6. The molecule has 1 aromatic heterocycles. The van der Waals surface area contributed by atoms with Gasteiger partial charge in [0.15, 0.2) is 5.82 Å². The van der Waals surface area contributed by atoms with Gasteiger partial charge in [0.1, 0.15) is 11.4 Å². The van der Waals surface area contributed by atoms with Crippen LogP contribution in [0.5, 0.6) is 5.75 Å². The zero-order valence-corrected chi connectivity index (χ0v) is 14.1. The molecule has 0 spiro atoms. The molecule has 0 unspecified atom stereocenters. The van der Waals surface area contributed by atoms with Crippen molar-refractivity contribution in [1.29, 1.82) is 0 Å². The molecular weight excluding hydrogens is 293 g/mol. The van der Waals surface area contributed by atoms with Crippen molar-refractivity contribution in [1.82, 2.24) is 10.2 Å². The first-order valence-corrected chi connectivity index (χ1v) is 8.32. The average Bonchev–Trinajstić information content (AvgIpc) is 2.99. The number of rotatable bonds is 3. The monoisotopic (exact) mass is 319 g/mol. The first-order chi connectivity index (χ1) is 11.2. The highest BCUT2D eigenvalue weighted by Gasteiger charge is 2.26. The van der Waals surface area contributed by atoms with Crippen LogP contribution in [0.4, 0.5) is 4.39 Å². The molecule has 1 aliphatic rings. The number of nitrogens with zero attached hydrogens (tertiary/aromatic N) is 1. The predicted molar refractivity (Wildman–Crippen MR) is 91.1 cm³/mol. The number of ether oxygens (including phenoxy) is 1. The highest BCUT2D eigenvalue weighted by atomic mass is 19.1. The lowest BCUT2D eigenvalue weighted by atomic mass is 9.84. The number of aromatic nitrogens is 2. The Morgan fingerprint density at radius 1 is 1.22 bits per heavy atom. The number of halogens is 1. The van der Waals surface area contributed by atoms with E-state index < -0.39 is 0 Å². The summed E-state index contributed by atoms with van der Waals surface area (Å²) in [5.74, 6) is 0.639. The minimum atomic E-state index is -0.247. The molecule has 0 amide bonds. The van der Waals surface area contributed by atoms with E-state index in [0.29, 0.717) is 17.1 Å². The standard InChI is InChI=1S/C16H20FN3O.C2H6/c1-21-13-4-2-3-11(9-13)16-14(17)15(19-20-16)10-5-7-12(18)8-6-10;1-2/h2-4,9-10,12H,5-8,18H2,1H3,(H,19,20);1-2H3. The van der Waals surface area contributed by atoms with E-state index in [1.807, 2.05) is 32.0 Å². The third-order valence-electron chi connectivity index (χ3n) is 4.26. The van der Waals surface area contributed by atoms with Gasteiger partial charge in [0.25, 0.3) is 0 Å². The summed E-state index contributed by atoms with van der Waals surface area (Å²) in [5, 5.41) is 7.06. The molecule has 5 heteroatoms. The molecule has 1 aliphatic carbocycles. The minimum absolute atomic E-state index is 0.191. The lowest BCUT2D eigenvalue weighted by Gasteiger charge is -2.24. The van der Waals surface area contributed by atoms with Gasteiger partial charge in [-0.25, -0.2) is 4.39 Å². The highest BCUT2D eigenvalue weighted by Crippen LogP contribution is 2.35. The van der Waals surface area contributed by atoms with Crippen LogP contribution >= 0.6 is 0 Å². The molecule has 3 rings (SSSR count). The van der Waals surface area contributed by atoms with Gasteiger partial charge in [-0.15, -0.1) is 0 Å². The SMILES string of the molecule is CC.COc1cccc(-c2n[nH]c(C3CCC(N)CC3)c2F)c1. The van der Waals surface area contributed by atoms with E-state index in [4.69, 9.17) is 10.5 Å². The van der Waals surface area contributed by atoms with Crippen LogP contribution in [0.1, 0.15) is 51.1 Å². The molecule has 4 nitrogen and oxygen atoms in total. The quantitative estimate of drug-likeness (QED) is 0.889. The summed E-state index contributed by atoms with van der Waals surface area (Å²) in [5.41, 5.74) is 7.60. The summed E-state index contributed by atoms with van der Waals surface area (Å²) in [6.07, 6.45) is 3.71. The number of hydrogen-bond donors (Lipinski definition) is 2. The largest absolute Gasteiger partial charge is 0.497 e. The molecule has 126 valence electrons. The van der Waals surface area contributed by atoms with E-state index in [9.17, 15) is 4.39 Å². The first-order valence-electron chi connectivity index (χ1n) is 8.32. The van der Waals surface area contributed by atoms with Crippen molar-refractivity contribution in [3.05, 3.63) is 35.8 Å². The van der Waals surface area contributed by atoms with Crippen LogP contribution in [0, 0.1) is 5.82 Å². The van der Waals surface area contributed by atoms with E-state index in [1.165, 1.54) is 0 Å². The summed E-state index contributed by atoms with van der Waals surface area (Å²) in [4.78, 5) is 0. The molecule has 1 saturated carbocycles. The molecule has 3 N–H and O–H groups in total. The first kappa shape index (κ1) is 17.5. The van der Waals surface area contributed by atoms with Crippen molar-refractivity contribution >= 4 is 0 Å². The molecule has 0 radical (unpaired) electrons. The molecule has 0 atom stereocenters. The van der Waals surface area contributed by atoms with Crippen LogP contribution in [0.25, 0.3) is 11.3 Å². The molecule has 23 heavy (non-hydrogen) atoms. The number of H-pyrrole nitrogens is 1. The van der Waals surface area contributed by atoms with Gasteiger partial charge in [0.05, 0.1) is 12.8 Å². The van der Waals surface area contributed by atoms with Gasteiger partial charge in [-0.1, -0.05) is 26.0 Å². The maximum Gasteiger partial charge on any atom is 0.172 e. The zero-order valence-electron chi connectivity index (χ0n) is 14.1. The van der Waals surface area contributed by atoms with Crippen molar-refractivity contribution in [3.63, 3.8) is 0 Å². The summed E-state index contributed by atoms with van der Waals surface area (Å²) in [7, 11) is 1.59. The second kappa shape index (κ2) is 8.11. The zero-order chi connectivity index (χ0) is 16.8. The molecule has 2 aromatic rings. The van der Waals surface area contributed by atoms with E-state index in [2.05, 4.69) is 10.2 Å². The summed E-state index contributed by atoms with van der Waals surface area (Å²) < 4.78 is 19.8. The lowest BCUT2D eigenvalue weighted by Crippen LogP contribution is -2.26. The Labute approximate surface area is 137 Å². The van der Waals surface area contributed by atoms with Crippen LogP contribution in [-0.4, -0.2) is 23.3 Å². The third-order valence-corrected chi connectivity index (χ3v) is 4.26. The summed E-state index contributed by atoms with van der Waals surface area (Å²) in [6.45, 7) is 4.00. The van der Waals surface area contributed by atoms with Gasteiger partial charge >= 0.3 is 0 Å². The molecule has 1 fully saturated rings. The van der Waals surface area contributed by atoms with E-state index in [-0.39, 0.29) is 17.8 Å². The lowest BCUT2D eigenvalue weighted by molar-refractivity contribution is 0.382. The second-order valence-corrected chi connectivity index (χ2v) is 5.64. The number of nitrogens with one attached hydrogen (secondary N) is 1. The Balaban J connectivity index is 0.000000924. The second-order valence-electron chi connectivity index (χ2n) is 5.64. The fourth-order valence-corrected chi connectivity index (χ4v) is 2.98. The number of benzene rings is 1. The average molecular weight is 319 g/mol. The number of nitrogens with two attached hydrogens (primary N) is 1. The van der Waals surface area contributed by atoms with Gasteiger partial charge in [-0.3, -0.25) is 5.10 Å². The maximum atomic E-state index is 14.7. The predicted octanol–water partition coefficient (Wildman–Crippen LogP) is 4.24. The Morgan fingerprint density at radius 2 is 1.91 bits per heavy atom. The van der Waals surface area contributed by atoms with Crippen LogP contribution in [0.2, 0.25) is 0 Å². The van der Waals surface area contributed by atoms with E-state index in [0.717, 1.165) is 31.2 Å². The number of aromatic amines is 1. The molecule has 1 heterocycles. The van der Waals surface area contributed by atoms with Gasteiger partial charge in [-0.05, 0) is 37.8 Å². The van der Waals surface area contributed by atoms with E-state index in [1.54, 1.807) is 13.2 Å². The van der Waals surface area contributed by atoms with Crippen LogP contribution in [-0.2, 0) is 0 Å². The molecular formula is C18H26FN3O. The van der Waals surface area contributed by atoms with Gasteiger partial charge in [0, 0.05) is 17.5 Å². The maximum absolute atomic E-state index is 14.7. The Bertz CT molecular complexity index is 618. The summed E-state index contributed by atoms with van der Waals surface area (Å²) >= 11 is 0. The van der Waals surface area contributed by atoms with E-state index >= 15 is 0 Å². The third kappa shape index (κ3) is 3.91. The molecule has 0 aliphatic heterocycles. The molecule has 0 bridgehead atoms. The number of hydrogen-bond acceptors (Lipinski definition) is 3.